The number of hydrogen-bond donors (Lipinski definition) is 3. The first-order valence-corrected chi connectivity index (χ1v) is 26.9. The summed E-state index contributed by atoms with van der Waals surface area (Å²) in [4.78, 5) is 26.2. The average molecular weight is 870 g/mol. The standard InChI is InChI=1S/C56H103NO5/c1-4-7-10-13-16-19-22-25-27-29-30-33-36-39-42-45-48-54(59)53(51-58)57-55(60)50-52(47-44-41-38-35-32-24-21-18-15-12-9-6-3)62-56(61)49-46-43-40-37-34-31-28-26-23-20-17-14-11-8-5-2/h9,12,17-18,20-21,23,26,52-54,58-59H,4-8,10-11,13-16,19,22,24-25,27-51H2,1-3H3,(H,57,60)/b12-9+,20-17+,21-18+,26-23+. The summed E-state index contributed by atoms with van der Waals surface area (Å²) >= 11 is 0. The van der Waals surface area contributed by atoms with E-state index in [4.69, 9.17) is 4.74 Å². The van der Waals surface area contributed by atoms with Crippen LogP contribution in [0, 0.1) is 0 Å². The topological polar surface area (TPSA) is 95.9 Å². The second-order valence-electron chi connectivity index (χ2n) is 18.3. The molecule has 0 spiro atoms. The summed E-state index contributed by atoms with van der Waals surface area (Å²) in [5, 5.41) is 23.8. The van der Waals surface area contributed by atoms with Crippen molar-refractivity contribution in [3.05, 3.63) is 48.6 Å². The molecule has 3 atom stereocenters. The number of rotatable bonds is 48. The zero-order chi connectivity index (χ0) is 45.2. The van der Waals surface area contributed by atoms with E-state index in [1.807, 2.05) is 0 Å². The third-order valence-corrected chi connectivity index (χ3v) is 12.2. The summed E-state index contributed by atoms with van der Waals surface area (Å²) in [5.41, 5.74) is 0. The van der Waals surface area contributed by atoms with E-state index in [1.165, 1.54) is 141 Å². The normalized spacial score (nSPS) is 13.6. The molecule has 6 heteroatoms. The molecule has 0 aliphatic carbocycles. The van der Waals surface area contributed by atoms with Gasteiger partial charge >= 0.3 is 5.97 Å². The molecule has 0 aromatic carbocycles. The third kappa shape index (κ3) is 44.4. The second kappa shape index (κ2) is 49.8. The molecule has 3 unspecified atom stereocenters. The van der Waals surface area contributed by atoms with Gasteiger partial charge in [0.05, 0.1) is 25.2 Å². The number of amides is 1. The van der Waals surface area contributed by atoms with E-state index in [9.17, 15) is 19.8 Å². The molecule has 0 saturated carbocycles. The summed E-state index contributed by atoms with van der Waals surface area (Å²) in [6.45, 7) is 6.36. The van der Waals surface area contributed by atoms with E-state index in [-0.39, 0.29) is 24.9 Å². The van der Waals surface area contributed by atoms with Crippen LogP contribution in [-0.4, -0.2) is 46.9 Å². The Morgan fingerprint density at radius 2 is 0.919 bits per heavy atom. The Hall–Kier alpha value is -2.18. The number of hydrogen-bond acceptors (Lipinski definition) is 5. The number of carbonyl (C=O) groups is 2. The molecule has 362 valence electrons. The smallest absolute Gasteiger partial charge is 0.306 e. The van der Waals surface area contributed by atoms with Crippen molar-refractivity contribution in [1.29, 1.82) is 0 Å². The largest absolute Gasteiger partial charge is 0.462 e. The highest BCUT2D eigenvalue weighted by atomic mass is 16.5. The molecule has 0 heterocycles. The molecule has 6 nitrogen and oxygen atoms in total. The van der Waals surface area contributed by atoms with E-state index in [0.717, 1.165) is 83.5 Å². The fraction of sp³-hybridized carbons (Fsp3) is 0.821. The lowest BCUT2D eigenvalue weighted by Gasteiger charge is -2.24. The van der Waals surface area contributed by atoms with Gasteiger partial charge in [-0.2, -0.15) is 0 Å². The van der Waals surface area contributed by atoms with Crippen LogP contribution in [0.2, 0.25) is 0 Å². The fourth-order valence-electron chi connectivity index (χ4n) is 8.11. The van der Waals surface area contributed by atoms with Crippen molar-refractivity contribution < 1.29 is 24.5 Å². The number of unbranched alkanes of at least 4 members (excludes halogenated alkanes) is 29. The maximum Gasteiger partial charge on any atom is 0.306 e. The van der Waals surface area contributed by atoms with Crippen molar-refractivity contribution in [3.63, 3.8) is 0 Å². The molecule has 3 N–H and O–H groups in total. The Bertz CT molecular complexity index is 1070. The maximum atomic E-state index is 13.2. The summed E-state index contributed by atoms with van der Waals surface area (Å²) in [5.74, 6) is -0.496. The Balaban J connectivity index is 4.53. The monoisotopic (exact) mass is 870 g/mol. The SMILES string of the molecule is CC/C=C/C/C=C/CCCCCCCC(CC(=O)NC(CO)C(O)CCCCCCCCCCCCCCCCCC)OC(=O)CCCCCCCC/C=C/C=C/CCCCC. The van der Waals surface area contributed by atoms with Crippen LogP contribution in [0.5, 0.6) is 0 Å². The molecule has 0 aromatic heterocycles. The van der Waals surface area contributed by atoms with Crippen LogP contribution in [0.1, 0.15) is 271 Å². The zero-order valence-corrected chi connectivity index (χ0v) is 41.3. The fourth-order valence-corrected chi connectivity index (χ4v) is 8.11. The molecule has 62 heavy (non-hydrogen) atoms. The van der Waals surface area contributed by atoms with Crippen LogP contribution < -0.4 is 5.32 Å². The number of esters is 1. The zero-order valence-electron chi connectivity index (χ0n) is 41.3. The van der Waals surface area contributed by atoms with Crippen LogP contribution in [0.3, 0.4) is 0 Å². The first-order chi connectivity index (χ1) is 30.5. The lowest BCUT2D eigenvalue weighted by atomic mass is 10.0. The minimum atomic E-state index is -0.794. The van der Waals surface area contributed by atoms with E-state index in [0.29, 0.717) is 19.3 Å². The molecule has 0 aromatic rings. The predicted molar refractivity (Wildman–Crippen MR) is 269 cm³/mol. The van der Waals surface area contributed by atoms with Crippen LogP contribution in [-0.2, 0) is 14.3 Å². The van der Waals surface area contributed by atoms with Crippen LogP contribution >= 0.6 is 0 Å². The average Bonchev–Trinajstić information content (AvgIpc) is 3.26. The number of nitrogens with one attached hydrogen (secondary N) is 1. The lowest BCUT2D eigenvalue weighted by molar-refractivity contribution is -0.151. The summed E-state index contributed by atoms with van der Waals surface area (Å²) < 4.78 is 5.93. The van der Waals surface area contributed by atoms with Crippen molar-refractivity contribution >= 4 is 11.9 Å². The van der Waals surface area contributed by atoms with Crippen LogP contribution in [0.15, 0.2) is 48.6 Å². The highest BCUT2D eigenvalue weighted by Crippen LogP contribution is 2.18. The van der Waals surface area contributed by atoms with E-state index in [2.05, 4.69) is 74.7 Å². The van der Waals surface area contributed by atoms with E-state index >= 15 is 0 Å². The van der Waals surface area contributed by atoms with Crippen LogP contribution in [0.25, 0.3) is 0 Å². The molecular weight excluding hydrogens is 767 g/mol. The Labute approximate surface area is 385 Å². The number of aliphatic hydroxyl groups is 2. The molecule has 0 bridgehead atoms. The van der Waals surface area contributed by atoms with Crippen LogP contribution in [0.4, 0.5) is 0 Å². The molecule has 0 radical (unpaired) electrons. The molecule has 1 amide bonds. The van der Waals surface area contributed by atoms with Gasteiger partial charge < -0.3 is 20.3 Å². The molecular formula is C56H103NO5. The number of aliphatic hydroxyl groups excluding tert-OH is 2. The van der Waals surface area contributed by atoms with Crippen molar-refractivity contribution in [2.24, 2.45) is 0 Å². The Kier molecular flexibility index (Phi) is 48.1. The third-order valence-electron chi connectivity index (χ3n) is 12.2. The van der Waals surface area contributed by atoms with Gasteiger partial charge in [-0.3, -0.25) is 9.59 Å². The van der Waals surface area contributed by atoms with E-state index < -0.39 is 18.2 Å². The number of allylic oxidation sites excluding steroid dienone is 8. The molecule has 0 aliphatic heterocycles. The lowest BCUT2D eigenvalue weighted by Crippen LogP contribution is -2.46. The van der Waals surface area contributed by atoms with Gasteiger partial charge in [0.2, 0.25) is 5.91 Å². The van der Waals surface area contributed by atoms with Gasteiger partial charge in [-0.05, 0) is 77.0 Å². The van der Waals surface area contributed by atoms with Gasteiger partial charge in [0.15, 0.2) is 0 Å². The van der Waals surface area contributed by atoms with Crippen molar-refractivity contribution in [1.82, 2.24) is 5.32 Å². The van der Waals surface area contributed by atoms with Crippen molar-refractivity contribution in [3.8, 4) is 0 Å². The first-order valence-electron chi connectivity index (χ1n) is 26.9. The first kappa shape index (κ1) is 59.8. The predicted octanol–water partition coefficient (Wildman–Crippen LogP) is 16.2. The summed E-state index contributed by atoms with van der Waals surface area (Å²) in [6.07, 6.45) is 60.3. The minimum absolute atomic E-state index is 0.0639. The minimum Gasteiger partial charge on any atom is -0.462 e. The van der Waals surface area contributed by atoms with Gasteiger partial charge in [-0.15, -0.1) is 0 Å². The summed E-state index contributed by atoms with van der Waals surface area (Å²) in [6, 6.07) is -0.708. The molecule has 0 rings (SSSR count). The highest BCUT2D eigenvalue weighted by molar-refractivity contribution is 5.77. The van der Waals surface area contributed by atoms with Gasteiger partial charge in [0.1, 0.15) is 6.10 Å². The Morgan fingerprint density at radius 1 is 0.500 bits per heavy atom. The van der Waals surface area contributed by atoms with Gasteiger partial charge in [0, 0.05) is 6.42 Å². The van der Waals surface area contributed by atoms with Gasteiger partial charge in [-0.25, -0.2) is 0 Å². The molecule has 0 aliphatic rings. The van der Waals surface area contributed by atoms with Crippen molar-refractivity contribution in [2.45, 2.75) is 289 Å². The summed E-state index contributed by atoms with van der Waals surface area (Å²) in [7, 11) is 0. The van der Waals surface area contributed by atoms with Gasteiger partial charge in [-0.1, -0.05) is 230 Å². The van der Waals surface area contributed by atoms with Gasteiger partial charge in [0.25, 0.3) is 0 Å². The molecule has 0 fully saturated rings. The molecule has 0 saturated heterocycles. The number of carbonyl (C=O) groups excluding carboxylic acids is 2. The maximum absolute atomic E-state index is 13.2. The van der Waals surface area contributed by atoms with Crippen molar-refractivity contribution in [2.75, 3.05) is 6.61 Å². The quantitative estimate of drug-likeness (QED) is 0.0245. The van der Waals surface area contributed by atoms with E-state index in [1.54, 1.807) is 0 Å². The Morgan fingerprint density at radius 3 is 1.44 bits per heavy atom. The number of ether oxygens (including phenoxy) is 1. The highest BCUT2D eigenvalue weighted by Gasteiger charge is 2.24. The second-order valence-corrected chi connectivity index (χ2v) is 18.3.